The van der Waals surface area contributed by atoms with Gasteiger partial charge in [0.1, 0.15) is 12.7 Å². The number of hydrogen-bond acceptors (Lipinski definition) is 9. The number of hydrogen-bond donors (Lipinski definition) is 1. The number of amides is 1. The van der Waals surface area contributed by atoms with Gasteiger partial charge in [-0.2, -0.15) is 0 Å². The zero-order chi connectivity index (χ0) is 27.4. The van der Waals surface area contributed by atoms with Crippen LogP contribution in [0, 0.1) is 0 Å². The summed E-state index contributed by atoms with van der Waals surface area (Å²) in [6.45, 7) is 1.33. The number of ether oxygens (including phenoxy) is 3. The number of sulfone groups is 1. The van der Waals surface area contributed by atoms with Gasteiger partial charge in [-0.1, -0.05) is 30.7 Å². The van der Waals surface area contributed by atoms with Crippen molar-refractivity contribution in [3.63, 3.8) is 0 Å². The number of esters is 1. The van der Waals surface area contributed by atoms with Crippen LogP contribution in [0.3, 0.4) is 0 Å². The van der Waals surface area contributed by atoms with Crippen molar-refractivity contribution in [2.45, 2.75) is 19.6 Å². The second kappa shape index (κ2) is 11.7. The summed E-state index contributed by atoms with van der Waals surface area (Å²) in [7, 11) is -1.98. The maximum absolute atomic E-state index is 13.2. The quantitative estimate of drug-likeness (QED) is 0.339. The molecular formula is C26H27ClN2O7S2. The van der Waals surface area contributed by atoms with E-state index >= 15 is 0 Å². The van der Waals surface area contributed by atoms with Gasteiger partial charge in [0.2, 0.25) is 0 Å². The molecule has 0 saturated carbocycles. The number of carbonyl (C=O) groups is 2. The number of methoxy groups -OCH3 is 1. The maximum Gasteiger partial charge on any atom is 0.320 e. The van der Waals surface area contributed by atoms with Crippen LogP contribution in [0.25, 0.3) is 10.4 Å². The highest BCUT2D eigenvalue weighted by molar-refractivity contribution is 7.91. The summed E-state index contributed by atoms with van der Waals surface area (Å²) in [5, 5.41) is 0.652. The fourth-order valence-corrected chi connectivity index (χ4v) is 6.15. The SMILES string of the molecule is CCS(=O)(=O)CC(COc1ccc(N2Cc3cc(-c4ccc(Cl)cc4)sc3C2=O)cc1OC)OC(=O)CN. The summed E-state index contributed by atoms with van der Waals surface area (Å²) in [6.07, 6.45) is -1.04. The molecule has 2 heterocycles. The number of nitrogens with two attached hydrogens (primary N) is 1. The number of halogens is 1. The number of rotatable bonds is 11. The van der Waals surface area contributed by atoms with E-state index in [1.54, 1.807) is 23.1 Å². The zero-order valence-electron chi connectivity index (χ0n) is 20.8. The Balaban J connectivity index is 1.48. The minimum Gasteiger partial charge on any atom is -0.493 e. The molecule has 9 nitrogen and oxygen atoms in total. The summed E-state index contributed by atoms with van der Waals surface area (Å²) >= 11 is 7.42. The van der Waals surface area contributed by atoms with Gasteiger partial charge in [0, 0.05) is 27.4 Å². The van der Waals surface area contributed by atoms with Crippen molar-refractivity contribution in [3.8, 4) is 21.9 Å². The number of fused-ring (bicyclic) bond motifs is 1. The van der Waals surface area contributed by atoms with Crippen LogP contribution in [0.4, 0.5) is 5.69 Å². The molecule has 0 saturated heterocycles. The molecule has 1 aliphatic heterocycles. The van der Waals surface area contributed by atoms with Crippen LogP contribution in [0.5, 0.6) is 11.5 Å². The molecule has 0 radical (unpaired) electrons. The summed E-state index contributed by atoms with van der Waals surface area (Å²) in [4.78, 5) is 28.2. The van der Waals surface area contributed by atoms with E-state index in [0.29, 0.717) is 33.6 Å². The van der Waals surface area contributed by atoms with E-state index in [9.17, 15) is 18.0 Å². The van der Waals surface area contributed by atoms with E-state index in [4.69, 9.17) is 31.5 Å². The van der Waals surface area contributed by atoms with Gasteiger partial charge < -0.3 is 24.8 Å². The Bertz CT molecular complexity index is 1440. The molecule has 0 spiro atoms. The Morgan fingerprint density at radius 2 is 1.89 bits per heavy atom. The summed E-state index contributed by atoms with van der Waals surface area (Å²) in [5.74, 6) is -0.678. The first-order valence-corrected chi connectivity index (χ1v) is 14.8. The van der Waals surface area contributed by atoms with Gasteiger partial charge >= 0.3 is 5.97 Å². The lowest BCUT2D eigenvalue weighted by molar-refractivity contribution is -0.147. The number of benzene rings is 2. The smallest absolute Gasteiger partial charge is 0.320 e. The molecule has 2 aromatic carbocycles. The molecule has 0 bridgehead atoms. The zero-order valence-corrected chi connectivity index (χ0v) is 23.2. The molecule has 1 unspecified atom stereocenters. The molecule has 1 aliphatic rings. The van der Waals surface area contributed by atoms with Crippen molar-refractivity contribution >= 4 is 50.3 Å². The summed E-state index contributed by atoms with van der Waals surface area (Å²) < 4.78 is 40.6. The lowest BCUT2D eigenvalue weighted by atomic mass is 10.1. The maximum atomic E-state index is 13.2. The highest BCUT2D eigenvalue weighted by Crippen LogP contribution is 2.40. The average Bonchev–Trinajstić information content (AvgIpc) is 3.46. The van der Waals surface area contributed by atoms with E-state index in [0.717, 1.165) is 16.0 Å². The fraction of sp³-hybridized carbons (Fsp3) is 0.308. The number of carbonyl (C=O) groups excluding carboxylic acids is 2. The van der Waals surface area contributed by atoms with Gasteiger partial charge in [-0.3, -0.25) is 9.59 Å². The largest absolute Gasteiger partial charge is 0.493 e. The van der Waals surface area contributed by atoms with Crippen LogP contribution in [0.2, 0.25) is 5.02 Å². The van der Waals surface area contributed by atoms with Gasteiger partial charge in [0.25, 0.3) is 5.91 Å². The van der Waals surface area contributed by atoms with Crippen LogP contribution in [-0.2, 0) is 25.9 Å². The third kappa shape index (κ3) is 6.29. The normalized spacial score (nSPS) is 13.8. The highest BCUT2D eigenvalue weighted by atomic mass is 35.5. The van der Waals surface area contributed by atoms with Gasteiger partial charge in [-0.25, -0.2) is 8.42 Å². The van der Waals surface area contributed by atoms with Crippen molar-refractivity contribution in [3.05, 3.63) is 64.0 Å². The second-order valence-corrected chi connectivity index (χ2v) is 12.4. The number of anilines is 1. The molecule has 3 aromatic rings. The van der Waals surface area contributed by atoms with Crippen molar-refractivity contribution in [2.24, 2.45) is 5.73 Å². The Kier molecular flexibility index (Phi) is 8.61. The van der Waals surface area contributed by atoms with Crippen LogP contribution >= 0.6 is 22.9 Å². The van der Waals surface area contributed by atoms with E-state index in [1.807, 2.05) is 30.3 Å². The van der Waals surface area contributed by atoms with Gasteiger partial charge in [-0.05, 0) is 41.5 Å². The molecule has 0 aliphatic carbocycles. The van der Waals surface area contributed by atoms with E-state index in [1.165, 1.54) is 25.4 Å². The summed E-state index contributed by atoms with van der Waals surface area (Å²) in [5.41, 5.74) is 7.86. The topological polar surface area (TPSA) is 125 Å². The first-order valence-electron chi connectivity index (χ1n) is 11.8. The predicted molar refractivity (Wildman–Crippen MR) is 147 cm³/mol. The lowest BCUT2D eigenvalue weighted by Crippen LogP contribution is -2.35. The van der Waals surface area contributed by atoms with E-state index < -0.39 is 27.7 Å². The molecule has 2 N–H and O–H groups in total. The molecule has 12 heteroatoms. The monoisotopic (exact) mass is 578 g/mol. The standard InChI is InChI=1S/C26H27ClN2O7S2/c1-3-38(32,33)15-20(36-24(30)12-28)14-35-21-9-8-19(11-22(21)34-2)29-13-17-10-23(37-25(17)26(29)31)16-4-6-18(27)7-5-16/h4-11,20H,3,12-15,28H2,1-2H3. The number of thiophene rings is 1. The average molecular weight is 579 g/mol. The molecule has 38 heavy (non-hydrogen) atoms. The predicted octanol–water partition coefficient (Wildman–Crippen LogP) is 3.92. The molecule has 0 fully saturated rings. The van der Waals surface area contributed by atoms with Crippen molar-refractivity contribution in [1.82, 2.24) is 0 Å². The van der Waals surface area contributed by atoms with Gasteiger partial charge in [0.15, 0.2) is 21.3 Å². The third-order valence-corrected chi connectivity index (χ3v) is 9.16. The van der Waals surface area contributed by atoms with E-state index in [2.05, 4.69) is 0 Å². The molecule has 1 amide bonds. The van der Waals surface area contributed by atoms with Gasteiger partial charge in [-0.15, -0.1) is 11.3 Å². The Morgan fingerprint density at radius 3 is 2.53 bits per heavy atom. The van der Waals surface area contributed by atoms with Crippen LogP contribution in [-0.4, -0.2) is 58.2 Å². The fourth-order valence-electron chi connectivity index (χ4n) is 3.93. The lowest BCUT2D eigenvalue weighted by Gasteiger charge is -2.21. The number of nitrogens with zero attached hydrogens (tertiary/aromatic N) is 1. The highest BCUT2D eigenvalue weighted by Gasteiger charge is 2.32. The van der Waals surface area contributed by atoms with Crippen molar-refractivity contribution < 1.29 is 32.2 Å². The molecule has 1 atom stereocenters. The van der Waals surface area contributed by atoms with Crippen LogP contribution in [0.15, 0.2) is 48.5 Å². The molecular weight excluding hydrogens is 552 g/mol. The van der Waals surface area contributed by atoms with Gasteiger partial charge in [0.05, 0.1) is 30.8 Å². The van der Waals surface area contributed by atoms with E-state index in [-0.39, 0.29) is 24.8 Å². The first-order chi connectivity index (χ1) is 18.1. The molecule has 4 rings (SSSR count). The Labute approximate surface area is 230 Å². The van der Waals surface area contributed by atoms with Crippen molar-refractivity contribution in [1.29, 1.82) is 0 Å². The third-order valence-electron chi connectivity index (χ3n) is 5.93. The summed E-state index contributed by atoms with van der Waals surface area (Å²) in [6, 6.07) is 14.5. The van der Waals surface area contributed by atoms with Crippen molar-refractivity contribution in [2.75, 3.05) is 36.7 Å². The second-order valence-electron chi connectivity index (χ2n) is 8.52. The molecule has 1 aromatic heterocycles. The first kappa shape index (κ1) is 27.9. The molecule has 202 valence electrons. The minimum atomic E-state index is -3.44. The van der Waals surface area contributed by atoms with Crippen LogP contribution < -0.4 is 20.1 Å². The Hall–Kier alpha value is -3.12. The Morgan fingerprint density at radius 1 is 1.16 bits per heavy atom. The van der Waals surface area contributed by atoms with Crippen LogP contribution in [0.1, 0.15) is 22.2 Å². The minimum absolute atomic E-state index is 0.0990.